The van der Waals surface area contributed by atoms with Crippen LogP contribution in [0.5, 0.6) is 0 Å². The van der Waals surface area contributed by atoms with Gasteiger partial charge in [-0.1, -0.05) is 32.0 Å². The molecule has 2 amide bonds. The average Bonchev–Trinajstić information content (AvgIpc) is 2.67. The van der Waals surface area contributed by atoms with E-state index in [4.69, 9.17) is 0 Å². The van der Waals surface area contributed by atoms with E-state index in [-0.39, 0.29) is 40.6 Å². The van der Waals surface area contributed by atoms with Gasteiger partial charge in [0.2, 0.25) is 11.8 Å². The molecule has 0 fully saturated rings. The summed E-state index contributed by atoms with van der Waals surface area (Å²) in [5, 5.41) is 5.60. The lowest BCUT2D eigenvalue weighted by Crippen LogP contribution is -2.20. The molecule has 2 aromatic carbocycles. The molecule has 1 aliphatic rings. The second-order valence-electron chi connectivity index (χ2n) is 7.31. The zero-order chi connectivity index (χ0) is 21.2. The number of carbonyl (C=O) groups excluding carboxylic acids is 2. The van der Waals surface area contributed by atoms with Crippen molar-refractivity contribution in [3.63, 3.8) is 0 Å². The van der Waals surface area contributed by atoms with E-state index in [2.05, 4.69) is 10.6 Å². The molecule has 0 unspecified atom stereocenters. The fourth-order valence-electron chi connectivity index (χ4n) is 3.14. The smallest absolute Gasteiger partial charge is 0.234 e. The summed E-state index contributed by atoms with van der Waals surface area (Å²) >= 11 is 1.30. The zero-order valence-corrected chi connectivity index (χ0v) is 18.2. The highest BCUT2D eigenvalue weighted by atomic mass is 32.2. The maximum atomic E-state index is 12.7. The highest BCUT2D eigenvalue weighted by Crippen LogP contribution is 2.33. The van der Waals surface area contributed by atoms with Gasteiger partial charge in [-0.25, -0.2) is 8.42 Å². The number of para-hydroxylation sites is 1. The first-order valence-corrected chi connectivity index (χ1v) is 12.0. The Kier molecular flexibility index (Phi) is 6.33. The van der Waals surface area contributed by atoms with Gasteiger partial charge < -0.3 is 10.6 Å². The number of thioether (sulfide) groups is 1. The highest BCUT2D eigenvalue weighted by molar-refractivity contribution is 8.00. The van der Waals surface area contributed by atoms with Crippen LogP contribution < -0.4 is 10.6 Å². The molecular weight excluding hydrogens is 408 g/mol. The summed E-state index contributed by atoms with van der Waals surface area (Å²) in [6, 6.07) is 10.5. The summed E-state index contributed by atoms with van der Waals surface area (Å²) in [5.41, 5.74) is 3.34. The second-order valence-corrected chi connectivity index (χ2v) is 10.4. The summed E-state index contributed by atoms with van der Waals surface area (Å²) in [5.74, 6) is -0.219. The van der Waals surface area contributed by atoms with Crippen LogP contribution in [0.15, 0.2) is 46.2 Å². The molecule has 0 radical (unpaired) electrons. The molecule has 0 aliphatic carbocycles. The minimum absolute atomic E-state index is 0.105. The van der Waals surface area contributed by atoms with Crippen molar-refractivity contribution in [1.29, 1.82) is 0 Å². The zero-order valence-electron chi connectivity index (χ0n) is 16.6. The summed E-state index contributed by atoms with van der Waals surface area (Å²) in [6.07, 6.45) is -0.130. The quantitative estimate of drug-likeness (QED) is 0.721. The first-order chi connectivity index (χ1) is 13.7. The third-order valence-corrected chi connectivity index (χ3v) is 7.50. The van der Waals surface area contributed by atoms with Crippen molar-refractivity contribution < 1.29 is 18.0 Å². The monoisotopic (exact) mass is 432 g/mol. The number of anilines is 2. The van der Waals surface area contributed by atoms with Crippen LogP contribution >= 0.6 is 11.8 Å². The number of hydrogen-bond donors (Lipinski definition) is 2. The molecule has 0 atom stereocenters. The van der Waals surface area contributed by atoms with Gasteiger partial charge >= 0.3 is 0 Å². The Morgan fingerprint density at radius 3 is 2.72 bits per heavy atom. The first kappa shape index (κ1) is 21.4. The van der Waals surface area contributed by atoms with Crippen molar-refractivity contribution >= 4 is 44.8 Å². The molecule has 1 aliphatic heterocycles. The minimum atomic E-state index is -3.62. The normalized spacial score (nSPS) is 13.7. The Morgan fingerprint density at radius 1 is 1.24 bits per heavy atom. The van der Waals surface area contributed by atoms with Gasteiger partial charge in [-0.15, -0.1) is 11.8 Å². The van der Waals surface area contributed by atoms with Crippen LogP contribution in [0.25, 0.3) is 0 Å². The van der Waals surface area contributed by atoms with E-state index in [9.17, 15) is 18.0 Å². The van der Waals surface area contributed by atoms with Crippen molar-refractivity contribution in [2.24, 2.45) is 0 Å². The van der Waals surface area contributed by atoms with Gasteiger partial charge in [0.15, 0.2) is 9.84 Å². The van der Waals surface area contributed by atoms with Gasteiger partial charge in [0.05, 0.1) is 22.1 Å². The SMILES string of the molecule is Cc1cccc(C(C)C)c1NC(=O)CCS(=O)(=O)c1ccc2c(c1)SCC(=O)N2. The Morgan fingerprint density at radius 2 is 2.00 bits per heavy atom. The van der Waals surface area contributed by atoms with Crippen molar-refractivity contribution in [3.05, 3.63) is 47.5 Å². The predicted octanol–water partition coefficient (Wildman–Crippen LogP) is 3.97. The van der Waals surface area contributed by atoms with Gasteiger partial charge in [0.1, 0.15) is 0 Å². The summed E-state index contributed by atoms with van der Waals surface area (Å²) < 4.78 is 25.4. The molecule has 154 valence electrons. The molecule has 0 bridgehead atoms. The first-order valence-electron chi connectivity index (χ1n) is 9.36. The third-order valence-electron chi connectivity index (χ3n) is 4.73. The van der Waals surface area contributed by atoms with Gasteiger partial charge in [0.25, 0.3) is 0 Å². The van der Waals surface area contributed by atoms with Crippen LogP contribution in [0.2, 0.25) is 0 Å². The van der Waals surface area contributed by atoms with E-state index in [1.807, 2.05) is 39.0 Å². The Bertz CT molecular complexity index is 1060. The van der Waals surface area contributed by atoms with E-state index in [0.29, 0.717) is 5.69 Å². The topological polar surface area (TPSA) is 92.3 Å². The Hall–Kier alpha value is -2.32. The Balaban J connectivity index is 1.70. The summed E-state index contributed by atoms with van der Waals surface area (Å²) in [4.78, 5) is 24.8. The molecule has 0 aromatic heterocycles. The van der Waals surface area contributed by atoms with E-state index in [0.717, 1.165) is 21.7 Å². The van der Waals surface area contributed by atoms with Crippen LogP contribution in [0.4, 0.5) is 11.4 Å². The molecule has 3 rings (SSSR count). The molecule has 6 nitrogen and oxygen atoms in total. The van der Waals surface area contributed by atoms with E-state index in [1.54, 1.807) is 12.1 Å². The number of sulfone groups is 1. The number of hydrogen-bond acceptors (Lipinski definition) is 5. The minimum Gasteiger partial charge on any atom is -0.326 e. The van der Waals surface area contributed by atoms with E-state index < -0.39 is 9.84 Å². The number of rotatable bonds is 6. The molecule has 1 heterocycles. The lowest BCUT2D eigenvalue weighted by molar-refractivity contribution is -0.116. The predicted molar refractivity (Wildman–Crippen MR) is 116 cm³/mol. The lowest BCUT2D eigenvalue weighted by Gasteiger charge is -2.17. The highest BCUT2D eigenvalue weighted by Gasteiger charge is 2.22. The number of nitrogens with one attached hydrogen (secondary N) is 2. The van der Waals surface area contributed by atoms with Gasteiger partial charge in [-0.3, -0.25) is 9.59 Å². The fourth-order valence-corrected chi connectivity index (χ4v) is 5.32. The van der Waals surface area contributed by atoms with Crippen LogP contribution in [0.1, 0.15) is 37.3 Å². The molecule has 2 aromatic rings. The number of benzene rings is 2. The van der Waals surface area contributed by atoms with Gasteiger partial charge in [-0.05, 0) is 42.2 Å². The molecule has 29 heavy (non-hydrogen) atoms. The number of aryl methyl sites for hydroxylation is 1. The van der Waals surface area contributed by atoms with E-state index in [1.165, 1.54) is 17.8 Å². The van der Waals surface area contributed by atoms with Crippen molar-refractivity contribution in [1.82, 2.24) is 0 Å². The molecule has 0 saturated heterocycles. The maximum Gasteiger partial charge on any atom is 0.234 e. The van der Waals surface area contributed by atoms with Gasteiger partial charge in [0, 0.05) is 17.0 Å². The summed E-state index contributed by atoms with van der Waals surface area (Å²) in [6.45, 7) is 6.01. The van der Waals surface area contributed by atoms with E-state index >= 15 is 0 Å². The average molecular weight is 433 g/mol. The van der Waals surface area contributed by atoms with Crippen LogP contribution in [0.3, 0.4) is 0 Å². The third kappa shape index (κ3) is 5.00. The van der Waals surface area contributed by atoms with Crippen LogP contribution in [-0.2, 0) is 19.4 Å². The standard InChI is InChI=1S/C21H24N2O4S2/c1-13(2)16-6-4-5-14(3)21(16)23-19(24)9-10-29(26,27)15-7-8-17-18(11-15)28-12-20(25)22-17/h4-8,11,13H,9-10,12H2,1-3H3,(H,22,25)(H,23,24). The van der Waals surface area contributed by atoms with Crippen LogP contribution in [-0.4, -0.2) is 31.7 Å². The van der Waals surface area contributed by atoms with Crippen molar-refractivity contribution in [2.45, 2.75) is 42.9 Å². The number of fused-ring (bicyclic) bond motifs is 1. The van der Waals surface area contributed by atoms with Crippen molar-refractivity contribution in [3.8, 4) is 0 Å². The molecule has 0 saturated carbocycles. The molecular formula is C21H24N2O4S2. The molecule has 2 N–H and O–H groups in total. The maximum absolute atomic E-state index is 12.7. The summed E-state index contributed by atoms with van der Waals surface area (Å²) in [7, 11) is -3.62. The molecule has 8 heteroatoms. The Labute approximate surface area is 175 Å². The van der Waals surface area contributed by atoms with Gasteiger partial charge in [-0.2, -0.15) is 0 Å². The fraction of sp³-hybridized carbons (Fsp3) is 0.333. The molecule has 0 spiro atoms. The second kappa shape index (κ2) is 8.59. The number of amides is 2. The lowest BCUT2D eigenvalue weighted by atomic mass is 9.98. The number of carbonyl (C=O) groups is 2. The largest absolute Gasteiger partial charge is 0.326 e. The van der Waals surface area contributed by atoms with Crippen LogP contribution in [0, 0.1) is 6.92 Å². The van der Waals surface area contributed by atoms with Crippen molar-refractivity contribution in [2.75, 3.05) is 22.1 Å².